The van der Waals surface area contributed by atoms with Gasteiger partial charge in [0, 0.05) is 59.6 Å². The van der Waals surface area contributed by atoms with Crippen LogP contribution in [0.3, 0.4) is 0 Å². The summed E-state index contributed by atoms with van der Waals surface area (Å²) in [6, 6.07) is 12.4. The number of methoxy groups -OCH3 is 1. The van der Waals surface area contributed by atoms with Gasteiger partial charge in [-0.05, 0) is 42.4 Å². The van der Waals surface area contributed by atoms with E-state index in [2.05, 4.69) is 61.3 Å². The molecule has 29 heavy (non-hydrogen) atoms. The van der Waals surface area contributed by atoms with E-state index in [0.717, 1.165) is 50.3 Å². The number of ether oxygens (including phenoxy) is 1. The zero-order valence-electron chi connectivity index (χ0n) is 17.9. The van der Waals surface area contributed by atoms with Crippen LogP contribution in [0.4, 0.5) is 5.82 Å². The van der Waals surface area contributed by atoms with Gasteiger partial charge in [0.1, 0.15) is 11.6 Å². The lowest BCUT2D eigenvalue weighted by molar-refractivity contribution is 0.312. The quantitative estimate of drug-likeness (QED) is 0.596. The number of piperazine rings is 1. The number of rotatable bonds is 6. The van der Waals surface area contributed by atoms with E-state index in [1.54, 1.807) is 7.11 Å². The van der Waals surface area contributed by atoms with Gasteiger partial charge in [0.05, 0.1) is 7.11 Å². The molecule has 3 rings (SSSR count). The fourth-order valence-electron chi connectivity index (χ4n) is 3.42. The highest BCUT2D eigenvalue weighted by atomic mass is 16.5. The lowest BCUT2D eigenvalue weighted by atomic mass is 10.2. The molecule has 7 nitrogen and oxygen atoms in total. The molecule has 1 aromatic carbocycles. The molecule has 2 heterocycles. The molecule has 1 aliphatic heterocycles. The van der Waals surface area contributed by atoms with Crippen molar-refractivity contribution in [3.8, 4) is 5.75 Å². The van der Waals surface area contributed by atoms with E-state index in [1.165, 1.54) is 11.1 Å². The Balaban J connectivity index is 1.56. The number of likely N-dealkylation sites (N-methyl/N-ethyl adjacent to an activating group) is 1. The van der Waals surface area contributed by atoms with Crippen LogP contribution in [0, 0.1) is 0 Å². The molecule has 2 aromatic rings. The summed E-state index contributed by atoms with van der Waals surface area (Å²) in [5, 5.41) is 3.46. The SMILES string of the molecule is CN=C(NCc1ccnc(N2CCN(C)CC2)c1)N(C)Cc1ccc(OC)cc1. The second-order valence-electron chi connectivity index (χ2n) is 7.42. The van der Waals surface area contributed by atoms with Crippen molar-refractivity contribution in [3.05, 3.63) is 53.7 Å². The maximum Gasteiger partial charge on any atom is 0.193 e. The average Bonchev–Trinajstić information content (AvgIpc) is 2.75. The molecule has 1 saturated heterocycles. The van der Waals surface area contributed by atoms with Crippen LogP contribution < -0.4 is 15.0 Å². The van der Waals surface area contributed by atoms with Crippen molar-refractivity contribution in [1.82, 2.24) is 20.1 Å². The number of anilines is 1. The van der Waals surface area contributed by atoms with Crippen LogP contribution in [0.5, 0.6) is 5.75 Å². The van der Waals surface area contributed by atoms with E-state index >= 15 is 0 Å². The fourth-order valence-corrected chi connectivity index (χ4v) is 3.42. The van der Waals surface area contributed by atoms with Crippen LogP contribution in [0.1, 0.15) is 11.1 Å². The smallest absolute Gasteiger partial charge is 0.193 e. The summed E-state index contributed by atoms with van der Waals surface area (Å²) in [5.74, 6) is 2.78. The standard InChI is InChI=1S/C22H32N6O/c1-23-22(27(3)17-18-5-7-20(29-4)8-6-18)25-16-19-9-10-24-21(15-19)28-13-11-26(2)12-14-28/h5-10,15H,11-14,16-17H2,1-4H3,(H,23,25). The summed E-state index contributed by atoms with van der Waals surface area (Å²) >= 11 is 0. The lowest BCUT2D eigenvalue weighted by Crippen LogP contribution is -2.44. The first kappa shape index (κ1) is 20.9. The first-order chi connectivity index (χ1) is 14.1. The normalized spacial score (nSPS) is 15.3. The van der Waals surface area contributed by atoms with E-state index in [4.69, 9.17) is 4.74 Å². The minimum Gasteiger partial charge on any atom is -0.497 e. The second-order valence-corrected chi connectivity index (χ2v) is 7.42. The third kappa shape index (κ3) is 5.84. The third-order valence-corrected chi connectivity index (χ3v) is 5.24. The lowest BCUT2D eigenvalue weighted by Gasteiger charge is -2.33. The minimum atomic E-state index is 0.711. The Hall–Kier alpha value is -2.80. The zero-order chi connectivity index (χ0) is 20.6. The largest absolute Gasteiger partial charge is 0.497 e. The van der Waals surface area contributed by atoms with Gasteiger partial charge in [0.2, 0.25) is 0 Å². The molecule has 0 bridgehead atoms. The third-order valence-electron chi connectivity index (χ3n) is 5.24. The molecule has 0 radical (unpaired) electrons. The molecule has 156 valence electrons. The number of benzene rings is 1. The highest BCUT2D eigenvalue weighted by molar-refractivity contribution is 5.79. The average molecular weight is 397 g/mol. The van der Waals surface area contributed by atoms with E-state index in [1.807, 2.05) is 32.4 Å². The molecule has 0 atom stereocenters. The molecule has 1 fully saturated rings. The zero-order valence-corrected chi connectivity index (χ0v) is 17.9. The Bertz CT molecular complexity index is 799. The van der Waals surface area contributed by atoms with E-state index < -0.39 is 0 Å². The van der Waals surface area contributed by atoms with Crippen molar-refractivity contribution in [3.63, 3.8) is 0 Å². The van der Waals surface area contributed by atoms with Crippen LogP contribution in [0.2, 0.25) is 0 Å². The molecule has 0 aliphatic carbocycles. The summed E-state index contributed by atoms with van der Waals surface area (Å²) < 4.78 is 5.23. The van der Waals surface area contributed by atoms with E-state index in [0.29, 0.717) is 6.54 Å². The fraction of sp³-hybridized carbons (Fsp3) is 0.455. The summed E-state index contributed by atoms with van der Waals surface area (Å²) in [6.07, 6.45) is 1.90. The monoisotopic (exact) mass is 396 g/mol. The second kappa shape index (κ2) is 10.1. The van der Waals surface area contributed by atoms with Crippen molar-refractivity contribution in [2.75, 3.05) is 59.3 Å². The van der Waals surface area contributed by atoms with Gasteiger partial charge in [0.25, 0.3) is 0 Å². The molecule has 0 unspecified atom stereocenters. The molecule has 1 aliphatic rings. The van der Waals surface area contributed by atoms with Crippen molar-refractivity contribution >= 4 is 11.8 Å². The molecule has 0 amide bonds. The number of guanidine groups is 1. The van der Waals surface area contributed by atoms with Gasteiger partial charge < -0.3 is 24.8 Å². The highest BCUT2D eigenvalue weighted by Gasteiger charge is 2.15. The first-order valence-corrected chi connectivity index (χ1v) is 10.0. The van der Waals surface area contributed by atoms with Crippen molar-refractivity contribution in [1.29, 1.82) is 0 Å². The van der Waals surface area contributed by atoms with Gasteiger partial charge in [-0.15, -0.1) is 0 Å². The Labute approximate surface area is 174 Å². The summed E-state index contributed by atoms with van der Waals surface area (Å²) in [6.45, 7) is 5.68. The molecule has 0 spiro atoms. The molecule has 1 aromatic heterocycles. The summed E-state index contributed by atoms with van der Waals surface area (Å²) in [7, 11) is 7.71. The Morgan fingerprint density at radius 3 is 2.52 bits per heavy atom. The van der Waals surface area contributed by atoms with Crippen LogP contribution in [0.15, 0.2) is 47.6 Å². The van der Waals surface area contributed by atoms with Crippen molar-refractivity contribution < 1.29 is 4.74 Å². The van der Waals surface area contributed by atoms with Crippen LogP contribution in [0.25, 0.3) is 0 Å². The van der Waals surface area contributed by atoms with Gasteiger partial charge in [-0.1, -0.05) is 12.1 Å². The van der Waals surface area contributed by atoms with Crippen LogP contribution in [-0.4, -0.2) is 75.2 Å². The number of hydrogen-bond acceptors (Lipinski definition) is 5. The predicted molar refractivity (Wildman–Crippen MR) is 119 cm³/mol. The Kier molecular flexibility index (Phi) is 7.30. The molecule has 1 N–H and O–H groups in total. The highest BCUT2D eigenvalue weighted by Crippen LogP contribution is 2.15. The van der Waals surface area contributed by atoms with Crippen LogP contribution >= 0.6 is 0 Å². The van der Waals surface area contributed by atoms with Gasteiger partial charge in [-0.3, -0.25) is 4.99 Å². The Morgan fingerprint density at radius 2 is 1.86 bits per heavy atom. The van der Waals surface area contributed by atoms with Gasteiger partial charge in [0.15, 0.2) is 5.96 Å². The topological polar surface area (TPSA) is 56.2 Å². The number of aromatic nitrogens is 1. The molecule has 0 saturated carbocycles. The van der Waals surface area contributed by atoms with Gasteiger partial charge in [-0.25, -0.2) is 4.98 Å². The summed E-state index contributed by atoms with van der Waals surface area (Å²) in [4.78, 5) is 15.8. The van der Waals surface area contributed by atoms with Crippen molar-refractivity contribution in [2.24, 2.45) is 4.99 Å². The number of nitrogens with zero attached hydrogens (tertiary/aromatic N) is 5. The predicted octanol–water partition coefficient (Wildman–Crippen LogP) is 2.05. The van der Waals surface area contributed by atoms with Gasteiger partial charge in [-0.2, -0.15) is 0 Å². The maximum absolute atomic E-state index is 5.23. The first-order valence-electron chi connectivity index (χ1n) is 10.0. The number of pyridine rings is 1. The maximum atomic E-state index is 5.23. The van der Waals surface area contributed by atoms with E-state index in [-0.39, 0.29) is 0 Å². The number of aliphatic imine (C=N–C) groups is 1. The molecular weight excluding hydrogens is 364 g/mol. The molecule has 7 heteroatoms. The molecular formula is C22H32N6O. The Morgan fingerprint density at radius 1 is 1.14 bits per heavy atom. The van der Waals surface area contributed by atoms with Crippen molar-refractivity contribution in [2.45, 2.75) is 13.1 Å². The van der Waals surface area contributed by atoms with Crippen LogP contribution in [-0.2, 0) is 13.1 Å². The number of hydrogen-bond donors (Lipinski definition) is 1. The number of nitrogens with one attached hydrogen (secondary N) is 1. The summed E-state index contributed by atoms with van der Waals surface area (Å²) in [5.41, 5.74) is 2.41. The van der Waals surface area contributed by atoms with E-state index in [9.17, 15) is 0 Å². The van der Waals surface area contributed by atoms with Gasteiger partial charge >= 0.3 is 0 Å². The minimum absolute atomic E-state index is 0.711.